The number of esters is 8. The molecular weight excluding hydrogens is 1840 g/mol. The van der Waals surface area contributed by atoms with Crippen LogP contribution in [-0.2, 0) is 119 Å². The zero-order valence-corrected chi connectivity index (χ0v) is 74.7. The fourth-order valence-electron chi connectivity index (χ4n) is 14.0. The maximum Gasteiger partial charge on any atom is 0.534 e. The number of carboxylic acid groups (broad SMARTS) is 1. The van der Waals surface area contributed by atoms with E-state index in [0.717, 1.165) is 68.8 Å². The molecule has 0 bridgehead atoms. The quantitative estimate of drug-likeness (QED) is 0.0152. The lowest BCUT2D eigenvalue weighted by atomic mass is 9.78. The van der Waals surface area contributed by atoms with Crippen molar-refractivity contribution in [1.82, 2.24) is 0 Å². The summed E-state index contributed by atoms with van der Waals surface area (Å²) < 4.78 is 146. The van der Waals surface area contributed by atoms with Crippen molar-refractivity contribution in [2.45, 2.75) is 252 Å². The second kappa shape index (κ2) is 47.4. The van der Waals surface area contributed by atoms with Crippen molar-refractivity contribution in [3.63, 3.8) is 0 Å². The van der Waals surface area contributed by atoms with E-state index >= 15 is 0 Å². The first-order valence-electron chi connectivity index (χ1n) is 40.1. The number of halogens is 4. The van der Waals surface area contributed by atoms with Crippen molar-refractivity contribution in [1.29, 1.82) is 0 Å². The van der Waals surface area contributed by atoms with Crippen LogP contribution in [0.3, 0.4) is 0 Å². The van der Waals surface area contributed by atoms with Crippen LogP contribution in [0.1, 0.15) is 152 Å². The van der Waals surface area contributed by atoms with Crippen LogP contribution < -0.4 is 9.65 Å². The van der Waals surface area contributed by atoms with Crippen LogP contribution in [0.25, 0.3) is 0 Å². The average Bonchev–Trinajstić information content (AvgIpc) is 1.75. The van der Waals surface area contributed by atoms with Gasteiger partial charge in [0.15, 0.2) is 30.5 Å². The van der Waals surface area contributed by atoms with Crippen LogP contribution in [0.2, 0.25) is 0 Å². The Balaban J connectivity index is 0.000000227. The Morgan fingerprint density at radius 1 is 0.397 bits per heavy atom. The second-order valence-electron chi connectivity index (χ2n) is 31.4. The number of aromatic carboxylic acids is 1. The van der Waals surface area contributed by atoms with Crippen molar-refractivity contribution >= 4 is 92.4 Å². The van der Waals surface area contributed by atoms with E-state index in [1.807, 2.05) is 33.8 Å². The number of hydrogen-bond acceptors (Lipinski definition) is 40. The lowest BCUT2D eigenvalue weighted by Gasteiger charge is -2.44. The van der Waals surface area contributed by atoms with E-state index < -0.39 is 266 Å². The topological polar surface area (TPSA) is 619 Å². The number of hydrogen-bond donors (Lipinski definition) is 14. The summed E-state index contributed by atoms with van der Waals surface area (Å²) >= 11 is 3.31. The number of aromatic hydroxyl groups is 1. The summed E-state index contributed by atoms with van der Waals surface area (Å²) in [5.41, 5.74) is -3.61. The molecule has 0 saturated carbocycles. The van der Waals surface area contributed by atoms with Crippen LogP contribution in [0.15, 0.2) is 126 Å². The Hall–Kier alpha value is -9.55. The fraction of sp³-hybridized carbons (Fsp3) is 0.536. The number of aliphatic hydroxyl groups excluding tert-OH is 12. The van der Waals surface area contributed by atoms with E-state index in [-0.39, 0.29) is 30.1 Å². The number of ether oxygens (including phenoxy) is 13. The molecule has 724 valence electrons. The van der Waals surface area contributed by atoms with Gasteiger partial charge in [-0.05, 0) is 110 Å². The Morgan fingerprint density at radius 2 is 0.733 bits per heavy atom. The first-order chi connectivity index (χ1) is 61.1. The van der Waals surface area contributed by atoms with E-state index in [1.165, 1.54) is 51.1 Å². The first kappa shape index (κ1) is 108. The molecule has 6 fully saturated rings. The van der Waals surface area contributed by atoms with Gasteiger partial charge in [0.1, 0.15) is 153 Å². The molecule has 14 N–H and O–H groups in total. The van der Waals surface area contributed by atoms with E-state index in [4.69, 9.17) is 86.2 Å². The highest BCUT2D eigenvalue weighted by Crippen LogP contribution is 2.43. The highest BCUT2D eigenvalue weighted by molar-refractivity contribution is 9.10. The molecule has 6 saturated heterocycles. The van der Waals surface area contributed by atoms with E-state index in [1.54, 1.807) is 60.7 Å². The van der Waals surface area contributed by atoms with Gasteiger partial charge in [0.25, 0.3) is 0 Å². The number of phenolic OH excluding ortho intramolecular Hbond substituents is 1. The number of rotatable bonds is 22. The lowest BCUT2D eigenvalue weighted by molar-refractivity contribution is -0.254. The summed E-state index contributed by atoms with van der Waals surface area (Å²) in [7, 11) is -6.41. The fourth-order valence-corrected chi connectivity index (χ4v) is 14.8. The highest BCUT2D eigenvalue weighted by Gasteiger charge is 2.56. The molecule has 6 aliphatic heterocycles. The molecule has 5 aromatic carbocycles. The van der Waals surface area contributed by atoms with Crippen LogP contribution in [0.5, 0.6) is 11.5 Å². The monoisotopic (exact) mass is 1950 g/mol. The smallest absolute Gasteiger partial charge is 0.508 e. The number of aliphatic hydroxyl groups is 12. The summed E-state index contributed by atoms with van der Waals surface area (Å²) in [6.07, 6.45) is -30.7. The van der Waals surface area contributed by atoms with Crippen molar-refractivity contribution in [2.24, 2.45) is 0 Å². The SMILES string of the molecule is CC(=O)OC[C@H]1O[C@H](c2ccc(B3OC(C)(C)C(C)(C)O3)cc2)[C@@H](O)[C@@H](O)[C@@H]1OC(C)=O.CC(=O)OC[C@H]1O[C@H](c2ccc(OS(=O)(=O)C(F)(F)F)cc2)[C@@H](O)[C@@H](O)[C@@H]1OC(C)=O.CC(=O)OC[C@H]1O[C@H](c2cccc(O)c2)[C@@H](OC(C)=O)[C@@H](OC(C)=O)[C@@H]1OC(C)=O.O=C(O)c1cccc([C@H]2O[C@H](CO)[C@@H](O)[C@H](O)[C@@H]2O)c1.OC[C@H]1O[C@H](c2cccc(Br)c2)[C@@H](O)[C@@H](O)[C@@H]1O. The number of phenols is 1. The molecule has 0 unspecified atom stereocenters. The maximum absolute atomic E-state index is 12.4. The standard InChI is InChI=1S/C22H31BO9.C20H24O10.C17H19F3O10S.C13H16O7.C12H15BrO5/c1-12(24)28-11-16-20(29-13(2)25)18(27)17(26)19(30-16)14-7-9-15(10-8-14)23-31-21(3,4)22(5,6)32-23;1-10(21)26-9-16-18(27-11(2)22)20(29-13(4)24)19(28-12(3)23)17(30-16)14-6-5-7-15(25)8-14;1-8(21)27-7-12-16(28-9(2)22)14(24)13(23)15(29-12)10-3-5-11(6-4-10)30-31(25,26)17(18,19)20;14-5-8-9(15)10(16)11(17)12(20-8)6-2-1-3-7(4-6)13(18)19;13-7-3-1-2-6(4-7)12-11(17)10(16)9(15)8(5-14)18-12/h7-10,16-20,26-27H,11H2,1-6H3;5-8,16-20,25H,9H2,1-4H3;3-6,12-16,23-24H,7H2,1-2H3;1-4,8-12,14-17H,5H2,(H,18,19);1-4,8-12,14-17H,5H2/t16-,17+,18-,19-,20-;16-,17-,18-,19-,20+;12-,13+,14-,15-,16-;2*8-,9-,10+,11+,12-/m11111/s1. The zero-order valence-electron chi connectivity index (χ0n) is 72.3. The minimum atomic E-state index is -5.87. The molecule has 0 aromatic heterocycles. The van der Waals surface area contributed by atoms with Crippen LogP contribution in [-0.4, -0.2) is 313 Å². The molecule has 6 aliphatic rings. The second-order valence-corrected chi connectivity index (χ2v) is 33.9. The van der Waals surface area contributed by atoms with Gasteiger partial charge in [-0.3, -0.25) is 38.4 Å². The molecule has 5 aromatic rings. The maximum atomic E-state index is 12.4. The number of benzene rings is 5. The minimum Gasteiger partial charge on any atom is -0.508 e. The van der Waals surface area contributed by atoms with Gasteiger partial charge in [-0.25, -0.2) is 4.79 Å². The van der Waals surface area contributed by atoms with Gasteiger partial charge in [0, 0.05) is 59.9 Å². The molecule has 41 nitrogen and oxygen atoms in total. The third-order valence-electron chi connectivity index (χ3n) is 21.0. The van der Waals surface area contributed by atoms with E-state index in [0.29, 0.717) is 22.3 Å². The molecule has 0 amide bonds. The summed E-state index contributed by atoms with van der Waals surface area (Å²) in [6, 6.07) is 29.9. The Morgan fingerprint density at radius 3 is 1.11 bits per heavy atom. The van der Waals surface area contributed by atoms with Gasteiger partial charge in [-0.2, -0.15) is 21.6 Å². The predicted molar refractivity (Wildman–Crippen MR) is 440 cm³/mol. The molecule has 25 atom stereocenters. The number of alkyl halides is 3. The van der Waals surface area contributed by atoms with Gasteiger partial charge < -0.3 is 147 Å². The summed E-state index contributed by atoms with van der Waals surface area (Å²) in [5.74, 6) is -7.22. The lowest BCUT2D eigenvalue weighted by Crippen LogP contribution is -2.59. The van der Waals surface area contributed by atoms with Crippen molar-refractivity contribution < 1.29 is 211 Å². The van der Waals surface area contributed by atoms with Crippen LogP contribution >= 0.6 is 15.9 Å². The number of carbonyl (C=O) groups is 9. The van der Waals surface area contributed by atoms with Crippen molar-refractivity contribution in [3.8, 4) is 11.5 Å². The third-order valence-corrected chi connectivity index (χ3v) is 22.4. The Labute approximate surface area is 756 Å². The van der Waals surface area contributed by atoms with Gasteiger partial charge in [0.05, 0.1) is 30.0 Å². The molecule has 11 rings (SSSR count). The average molecular weight is 1950 g/mol. The largest absolute Gasteiger partial charge is 0.534 e. The van der Waals surface area contributed by atoms with Gasteiger partial charge in [-0.1, -0.05) is 88.7 Å². The minimum absolute atomic E-state index is 0.0134. The van der Waals surface area contributed by atoms with Gasteiger partial charge >= 0.3 is 76.5 Å². The Bertz CT molecular complexity index is 4780. The van der Waals surface area contributed by atoms with Crippen molar-refractivity contribution in [2.75, 3.05) is 33.0 Å². The first-order valence-corrected chi connectivity index (χ1v) is 42.3. The van der Waals surface area contributed by atoms with Crippen molar-refractivity contribution in [3.05, 3.63) is 159 Å². The summed E-state index contributed by atoms with van der Waals surface area (Å²) in [6.45, 7) is 15.2. The Kier molecular flexibility index (Phi) is 39.2. The highest BCUT2D eigenvalue weighted by atomic mass is 79.9. The predicted octanol–water partition coefficient (Wildman–Crippen LogP) is 1.27. The number of carbonyl (C=O) groups excluding carboxylic acids is 8. The molecule has 131 heavy (non-hydrogen) atoms. The summed E-state index contributed by atoms with van der Waals surface area (Å²) in [5, 5.41) is 138. The molecule has 6 heterocycles. The third kappa shape index (κ3) is 29.2. The normalized spacial score (nSPS) is 30.0. The van der Waals surface area contributed by atoms with E-state index in [9.17, 15) is 121 Å². The molecule has 0 spiro atoms. The van der Waals surface area contributed by atoms with Crippen LogP contribution in [0, 0.1) is 0 Å². The zero-order chi connectivity index (χ0) is 98.0. The number of carboxylic acids is 1. The van der Waals surface area contributed by atoms with E-state index in [2.05, 4.69) is 20.1 Å². The van der Waals surface area contributed by atoms with Crippen LogP contribution in [0.4, 0.5) is 13.2 Å². The summed E-state index contributed by atoms with van der Waals surface area (Å²) in [4.78, 5) is 103. The molecule has 47 heteroatoms. The van der Waals surface area contributed by atoms with Gasteiger partial charge in [-0.15, -0.1) is 0 Å². The molecule has 0 radical (unpaired) electrons. The van der Waals surface area contributed by atoms with Gasteiger partial charge in [0.2, 0.25) is 0 Å². The molecule has 0 aliphatic carbocycles. The molecular formula is C84H105BBrF3O41S.